The van der Waals surface area contributed by atoms with Crippen molar-refractivity contribution >= 4 is 23.2 Å². The maximum atomic E-state index is 12.3. The molecule has 22 heavy (non-hydrogen) atoms. The molecular weight excluding hydrogens is 280 g/mol. The van der Waals surface area contributed by atoms with Crippen LogP contribution in [0.5, 0.6) is 0 Å². The number of azide groups is 2. The van der Waals surface area contributed by atoms with Gasteiger partial charge in [0.15, 0.2) is 5.78 Å². The monoisotopic (exact) mass is 290 g/mol. The molecule has 0 aliphatic carbocycles. The third kappa shape index (κ3) is 3.52. The summed E-state index contributed by atoms with van der Waals surface area (Å²) in [7, 11) is 0. The Kier molecular flexibility index (Phi) is 4.94. The first kappa shape index (κ1) is 14.9. The van der Waals surface area contributed by atoms with Crippen LogP contribution in [0.1, 0.15) is 15.9 Å². The molecule has 2 aromatic rings. The van der Waals surface area contributed by atoms with E-state index in [1.165, 1.54) is 18.2 Å². The number of ketones is 1. The van der Waals surface area contributed by atoms with E-state index in [1.54, 1.807) is 12.1 Å². The Morgan fingerprint density at radius 3 is 2.36 bits per heavy atom. The average Bonchev–Trinajstić information content (AvgIpc) is 2.55. The molecule has 0 fully saturated rings. The molecule has 0 aliphatic rings. The summed E-state index contributed by atoms with van der Waals surface area (Å²) in [4.78, 5) is 17.6. The first-order valence-electron chi connectivity index (χ1n) is 6.27. The van der Waals surface area contributed by atoms with E-state index in [0.29, 0.717) is 0 Å². The maximum absolute atomic E-state index is 12.3. The predicted molar refractivity (Wildman–Crippen MR) is 83.9 cm³/mol. The number of hydrogen-bond donors (Lipinski definition) is 0. The van der Waals surface area contributed by atoms with Gasteiger partial charge in [-0.25, -0.2) is 0 Å². The zero-order chi connectivity index (χ0) is 15.8. The van der Waals surface area contributed by atoms with Gasteiger partial charge in [-0.1, -0.05) is 64.8 Å². The summed E-state index contributed by atoms with van der Waals surface area (Å²) in [5, 5.41) is 6.89. The molecule has 0 spiro atoms. The molecule has 7 nitrogen and oxygen atoms in total. The molecule has 0 heterocycles. The van der Waals surface area contributed by atoms with Gasteiger partial charge in [0.2, 0.25) is 0 Å². The maximum Gasteiger partial charge on any atom is 0.186 e. The van der Waals surface area contributed by atoms with Gasteiger partial charge in [-0.15, -0.1) is 0 Å². The Hall–Kier alpha value is -3.53. The van der Waals surface area contributed by atoms with Crippen LogP contribution in [0, 0.1) is 0 Å². The molecule has 0 amide bonds. The van der Waals surface area contributed by atoms with Crippen molar-refractivity contribution in [1.29, 1.82) is 0 Å². The van der Waals surface area contributed by atoms with Crippen LogP contribution in [0.3, 0.4) is 0 Å². The number of benzene rings is 2. The summed E-state index contributed by atoms with van der Waals surface area (Å²) in [6.45, 7) is 0. The quantitative estimate of drug-likeness (QED) is 0.235. The molecule has 0 aromatic heterocycles. The lowest BCUT2D eigenvalue weighted by atomic mass is 10.1. The van der Waals surface area contributed by atoms with Crippen molar-refractivity contribution in [2.75, 3.05) is 0 Å². The number of carbonyl (C=O) groups is 1. The molecule has 0 saturated carbocycles. The fraction of sp³-hybridized carbons (Fsp3) is 0. The molecule has 0 aliphatic heterocycles. The van der Waals surface area contributed by atoms with E-state index in [4.69, 9.17) is 11.1 Å². The third-order valence-electron chi connectivity index (χ3n) is 2.80. The number of carbonyl (C=O) groups excluding carboxylic acids is 1. The van der Waals surface area contributed by atoms with Crippen LogP contribution in [-0.4, -0.2) is 5.78 Å². The molecule has 2 aromatic carbocycles. The van der Waals surface area contributed by atoms with Crippen molar-refractivity contribution in [2.24, 2.45) is 10.2 Å². The van der Waals surface area contributed by atoms with Crippen molar-refractivity contribution in [3.63, 3.8) is 0 Å². The highest BCUT2D eigenvalue weighted by Crippen LogP contribution is 2.32. The molecule has 0 unspecified atom stereocenters. The number of hydrogen-bond acceptors (Lipinski definition) is 3. The van der Waals surface area contributed by atoms with Gasteiger partial charge in [0, 0.05) is 21.1 Å². The van der Waals surface area contributed by atoms with E-state index in [2.05, 4.69) is 20.1 Å². The van der Waals surface area contributed by atoms with Gasteiger partial charge in [-0.2, -0.15) is 0 Å². The number of rotatable bonds is 5. The normalized spacial score (nSPS) is 9.82. The SMILES string of the molecule is [N-]=[N+]=Nc1cccc(C(=O)C=Cc2ccccc2)c1N=[N+]=[N-]. The van der Waals surface area contributed by atoms with Gasteiger partial charge in [0.25, 0.3) is 0 Å². The van der Waals surface area contributed by atoms with Crippen molar-refractivity contribution in [3.05, 3.63) is 86.6 Å². The Morgan fingerprint density at radius 1 is 0.955 bits per heavy atom. The highest BCUT2D eigenvalue weighted by molar-refractivity contribution is 6.11. The van der Waals surface area contributed by atoms with Crippen LogP contribution in [-0.2, 0) is 0 Å². The van der Waals surface area contributed by atoms with Gasteiger partial charge in [-0.3, -0.25) is 4.79 Å². The lowest BCUT2D eigenvalue weighted by Crippen LogP contribution is -1.94. The van der Waals surface area contributed by atoms with Gasteiger partial charge in [0.05, 0.1) is 5.69 Å². The van der Waals surface area contributed by atoms with E-state index in [-0.39, 0.29) is 22.7 Å². The summed E-state index contributed by atoms with van der Waals surface area (Å²) in [5.74, 6) is -0.346. The highest BCUT2D eigenvalue weighted by atomic mass is 16.1. The smallest absolute Gasteiger partial charge is 0.186 e. The van der Waals surface area contributed by atoms with E-state index in [1.807, 2.05) is 30.3 Å². The Morgan fingerprint density at radius 2 is 1.68 bits per heavy atom. The van der Waals surface area contributed by atoms with Gasteiger partial charge in [-0.05, 0) is 22.7 Å². The predicted octanol–water partition coefficient (Wildman–Crippen LogP) is 5.47. The minimum absolute atomic E-state index is 0.0190. The summed E-state index contributed by atoms with van der Waals surface area (Å²) in [6.07, 6.45) is 3.03. The fourth-order valence-electron chi connectivity index (χ4n) is 1.83. The molecule has 2 rings (SSSR count). The Balaban J connectivity index is 2.41. The van der Waals surface area contributed by atoms with Crippen LogP contribution in [0.2, 0.25) is 0 Å². The van der Waals surface area contributed by atoms with Crippen LogP contribution >= 0.6 is 0 Å². The number of allylic oxidation sites excluding steroid dienone is 1. The van der Waals surface area contributed by atoms with Crippen molar-refractivity contribution < 1.29 is 4.79 Å². The highest BCUT2D eigenvalue weighted by Gasteiger charge is 2.11. The molecule has 0 bridgehead atoms. The second-order valence-electron chi connectivity index (χ2n) is 4.16. The Bertz CT molecular complexity index is 815. The van der Waals surface area contributed by atoms with Crippen molar-refractivity contribution in [2.45, 2.75) is 0 Å². The summed E-state index contributed by atoms with van der Waals surface area (Å²) >= 11 is 0. The van der Waals surface area contributed by atoms with Crippen LogP contribution in [0.4, 0.5) is 11.4 Å². The van der Waals surface area contributed by atoms with Gasteiger partial charge >= 0.3 is 0 Å². The van der Waals surface area contributed by atoms with E-state index < -0.39 is 0 Å². The minimum Gasteiger partial charge on any atom is -0.289 e. The molecule has 0 radical (unpaired) electrons. The minimum atomic E-state index is -0.346. The lowest BCUT2D eigenvalue weighted by molar-refractivity contribution is 0.104. The standard InChI is InChI=1S/C15H10N6O/c16-20-18-13-8-4-7-12(15(13)19-21-17)14(22)10-9-11-5-2-1-3-6-11/h1-10H. The molecule has 0 saturated heterocycles. The molecule has 0 atom stereocenters. The molecule has 106 valence electrons. The molecule has 0 N–H and O–H groups in total. The first-order chi connectivity index (χ1) is 10.8. The van der Waals surface area contributed by atoms with Crippen LogP contribution in [0.15, 0.2) is 64.8 Å². The fourth-order valence-corrected chi connectivity index (χ4v) is 1.83. The van der Waals surface area contributed by atoms with Gasteiger partial charge < -0.3 is 0 Å². The topological polar surface area (TPSA) is 115 Å². The molecule has 7 heteroatoms. The van der Waals surface area contributed by atoms with E-state index in [9.17, 15) is 4.79 Å². The van der Waals surface area contributed by atoms with E-state index >= 15 is 0 Å². The summed E-state index contributed by atoms with van der Waals surface area (Å²) < 4.78 is 0. The lowest BCUT2D eigenvalue weighted by Gasteiger charge is -2.04. The number of nitrogens with zero attached hydrogens (tertiary/aromatic N) is 6. The van der Waals surface area contributed by atoms with E-state index in [0.717, 1.165) is 5.56 Å². The first-order valence-corrected chi connectivity index (χ1v) is 6.27. The van der Waals surface area contributed by atoms with Crippen molar-refractivity contribution in [3.8, 4) is 0 Å². The van der Waals surface area contributed by atoms with Crippen LogP contribution < -0.4 is 0 Å². The van der Waals surface area contributed by atoms with Crippen LogP contribution in [0.25, 0.3) is 27.0 Å². The van der Waals surface area contributed by atoms with Crippen molar-refractivity contribution in [1.82, 2.24) is 0 Å². The summed E-state index contributed by atoms with van der Waals surface area (Å²) in [6, 6.07) is 13.9. The zero-order valence-electron chi connectivity index (χ0n) is 11.4. The third-order valence-corrected chi connectivity index (χ3v) is 2.80. The second kappa shape index (κ2) is 7.31. The molecular formula is C15H10N6O. The average molecular weight is 290 g/mol. The second-order valence-corrected chi connectivity index (χ2v) is 4.16. The van der Waals surface area contributed by atoms with Gasteiger partial charge in [0.1, 0.15) is 0 Å². The largest absolute Gasteiger partial charge is 0.289 e. The zero-order valence-corrected chi connectivity index (χ0v) is 11.4. The summed E-state index contributed by atoms with van der Waals surface area (Å²) in [5.41, 5.74) is 18.3. The Labute approximate surface area is 125 Å².